The third-order valence-electron chi connectivity index (χ3n) is 4.17. The maximum atomic E-state index is 12.9. The molecule has 0 bridgehead atoms. The van der Waals surface area contributed by atoms with Gasteiger partial charge < -0.3 is 5.11 Å². The largest absolute Gasteiger partial charge is 0.392 e. The second-order valence-electron chi connectivity index (χ2n) is 6.08. The second-order valence-corrected chi connectivity index (χ2v) is 6.08. The van der Waals surface area contributed by atoms with Crippen molar-refractivity contribution in [2.24, 2.45) is 0 Å². The number of benzene rings is 1. The van der Waals surface area contributed by atoms with Gasteiger partial charge in [0, 0.05) is 26.2 Å². The molecule has 1 unspecified atom stereocenters. The summed E-state index contributed by atoms with van der Waals surface area (Å²) < 4.78 is 12.9. The number of hydrogen-bond donors (Lipinski definition) is 1. The van der Waals surface area contributed by atoms with Crippen molar-refractivity contribution in [1.29, 1.82) is 0 Å². The molecule has 0 amide bonds. The van der Waals surface area contributed by atoms with E-state index < -0.39 is 0 Å². The van der Waals surface area contributed by atoms with Crippen LogP contribution in [-0.2, 0) is 6.54 Å². The molecule has 0 spiro atoms. The SMILES string of the molecule is C=CCCC(O)CN1CCCN(Cc2ccc(F)cc2)CC1. The second kappa shape index (κ2) is 9.03. The zero-order valence-electron chi connectivity index (χ0n) is 13.3. The van der Waals surface area contributed by atoms with Crippen molar-refractivity contribution >= 4 is 0 Å². The smallest absolute Gasteiger partial charge is 0.123 e. The average Bonchev–Trinajstić information content (AvgIpc) is 2.73. The van der Waals surface area contributed by atoms with Gasteiger partial charge in [-0.3, -0.25) is 9.80 Å². The van der Waals surface area contributed by atoms with Gasteiger partial charge in [-0.25, -0.2) is 4.39 Å². The molecule has 4 heteroatoms. The number of aliphatic hydroxyl groups is 1. The van der Waals surface area contributed by atoms with Gasteiger partial charge in [0.1, 0.15) is 5.82 Å². The molecule has 1 fully saturated rings. The van der Waals surface area contributed by atoms with Gasteiger partial charge >= 0.3 is 0 Å². The van der Waals surface area contributed by atoms with Gasteiger partial charge in [0.25, 0.3) is 0 Å². The van der Waals surface area contributed by atoms with Gasteiger partial charge in [-0.15, -0.1) is 6.58 Å². The molecule has 2 rings (SSSR count). The molecule has 0 aliphatic carbocycles. The molecule has 3 nitrogen and oxygen atoms in total. The third kappa shape index (κ3) is 5.87. The number of nitrogens with zero attached hydrogens (tertiary/aromatic N) is 2. The zero-order chi connectivity index (χ0) is 15.8. The number of rotatable bonds is 7. The predicted octanol–water partition coefficient (Wildman–Crippen LogP) is 2.66. The summed E-state index contributed by atoms with van der Waals surface area (Å²) in [4.78, 5) is 4.75. The summed E-state index contributed by atoms with van der Waals surface area (Å²) in [5, 5.41) is 10.0. The topological polar surface area (TPSA) is 26.7 Å². The summed E-state index contributed by atoms with van der Waals surface area (Å²) in [7, 11) is 0. The van der Waals surface area contributed by atoms with E-state index >= 15 is 0 Å². The molecule has 0 radical (unpaired) electrons. The van der Waals surface area contributed by atoms with Gasteiger partial charge in [-0.2, -0.15) is 0 Å². The van der Waals surface area contributed by atoms with Crippen molar-refractivity contribution in [1.82, 2.24) is 9.80 Å². The third-order valence-corrected chi connectivity index (χ3v) is 4.17. The normalized spacial score (nSPS) is 18.8. The van der Waals surface area contributed by atoms with Crippen molar-refractivity contribution in [3.63, 3.8) is 0 Å². The Morgan fingerprint density at radius 1 is 1.14 bits per heavy atom. The van der Waals surface area contributed by atoms with Crippen LogP contribution in [0.5, 0.6) is 0 Å². The van der Waals surface area contributed by atoms with Crippen LogP contribution in [0.2, 0.25) is 0 Å². The Bertz CT molecular complexity index is 449. The highest BCUT2D eigenvalue weighted by Gasteiger charge is 2.17. The highest BCUT2D eigenvalue weighted by atomic mass is 19.1. The van der Waals surface area contributed by atoms with Crippen molar-refractivity contribution in [2.45, 2.75) is 31.9 Å². The first-order valence-corrected chi connectivity index (χ1v) is 8.15. The number of allylic oxidation sites excluding steroid dienone is 1. The van der Waals surface area contributed by atoms with Crippen LogP contribution < -0.4 is 0 Å². The first-order valence-electron chi connectivity index (χ1n) is 8.15. The van der Waals surface area contributed by atoms with Crippen molar-refractivity contribution in [3.05, 3.63) is 48.3 Å². The lowest BCUT2D eigenvalue weighted by atomic mass is 10.2. The minimum atomic E-state index is -0.262. The van der Waals surface area contributed by atoms with Gasteiger partial charge in [0.15, 0.2) is 0 Å². The minimum Gasteiger partial charge on any atom is -0.392 e. The molecule has 1 N–H and O–H groups in total. The molecular weight excluding hydrogens is 279 g/mol. The first kappa shape index (κ1) is 17.1. The molecule has 22 heavy (non-hydrogen) atoms. The van der Waals surface area contributed by atoms with Crippen LogP contribution in [0.4, 0.5) is 4.39 Å². The summed E-state index contributed by atoms with van der Waals surface area (Å²) in [6, 6.07) is 6.76. The molecule has 1 atom stereocenters. The summed E-state index contributed by atoms with van der Waals surface area (Å²) in [6.07, 6.45) is 4.36. The lowest BCUT2D eigenvalue weighted by Crippen LogP contribution is -2.35. The predicted molar refractivity (Wildman–Crippen MR) is 88.2 cm³/mol. The van der Waals surface area contributed by atoms with E-state index in [0.717, 1.165) is 64.1 Å². The van der Waals surface area contributed by atoms with Crippen molar-refractivity contribution in [3.8, 4) is 0 Å². The van der Waals surface area contributed by atoms with E-state index in [1.807, 2.05) is 18.2 Å². The maximum absolute atomic E-state index is 12.9. The number of β-amino-alcohol motifs (C(OH)–C–C–N with tert-alkyl or cyclic N) is 1. The molecule has 122 valence electrons. The summed E-state index contributed by atoms with van der Waals surface area (Å²) >= 11 is 0. The van der Waals surface area contributed by atoms with Crippen LogP contribution in [0.15, 0.2) is 36.9 Å². The average molecular weight is 306 g/mol. The highest BCUT2D eigenvalue weighted by molar-refractivity contribution is 5.15. The van der Waals surface area contributed by atoms with E-state index in [1.54, 1.807) is 0 Å². The lowest BCUT2D eigenvalue weighted by molar-refractivity contribution is 0.107. The quantitative estimate of drug-likeness (QED) is 0.785. The van der Waals surface area contributed by atoms with Crippen LogP contribution in [0.25, 0.3) is 0 Å². The molecular formula is C18H27FN2O. The molecule has 1 aliphatic rings. The maximum Gasteiger partial charge on any atom is 0.123 e. The fraction of sp³-hybridized carbons (Fsp3) is 0.556. The summed E-state index contributed by atoms with van der Waals surface area (Å²) in [6.45, 7) is 9.37. The van der Waals surface area contributed by atoms with Crippen LogP contribution in [0, 0.1) is 5.82 Å². The van der Waals surface area contributed by atoms with E-state index in [4.69, 9.17) is 0 Å². The lowest BCUT2D eigenvalue weighted by Gasteiger charge is -2.24. The molecule has 1 aliphatic heterocycles. The molecule has 1 saturated heterocycles. The van der Waals surface area contributed by atoms with E-state index in [2.05, 4.69) is 16.4 Å². The molecule has 1 aromatic rings. The van der Waals surface area contributed by atoms with E-state index in [9.17, 15) is 9.50 Å². The standard InChI is InChI=1S/C18H27FN2O/c1-2-3-5-18(22)15-21-11-4-10-20(12-13-21)14-16-6-8-17(19)9-7-16/h2,6-9,18,22H,1,3-5,10-15H2. The Kier molecular flexibility index (Phi) is 7.03. The van der Waals surface area contributed by atoms with E-state index in [-0.39, 0.29) is 11.9 Å². The van der Waals surface area contributed by atoms with Crippen LogP contribution in [0.3, 0.4) is 0 Å². The number of aliphatic hydroxyl groups excluding tert-OH is 1. The molecule has 0 saturated carbocycles. The number of hydrogen-bond acceptors (Lipinski definition) is 3. The molecule has 1 heterocycles. The van der Waals surface area contributed by atoms with Crippen molar-refractivity contribution in [2.75, 3.05) is 32.7 Å². The Morgan fingerprint density at radius 3 is 2.55 bits per heavy atom. The molecule has 0 aromatic heterocycles. The summed E-state index contributed by atoms with van der Waals surface area (Å²) in [5.74, 6) is -0.181. The van der Waals surface area contributed by atoms with Crippen LogP contribution in [0.1, 0.15) is 24.8 Å². The fourth-order valence-electron chi connectivity index (χ4n) is 2.91. The number of halogens is 1. The van der Waals surface area contributed by atoms with Gasteiger partial charge in [0.05, 0.1) is 6.10 Å². The molecule has 1 aromatic carbocycles. The van der Waals surface area contributed by atoms with E-state index in [0.29, 0.717) is 0 Å². The van der Waals surface area contributed by atoms with Gasteiger partial charge in [-0.05, 0) is 50.0 Å². The van der Waals surface area contributed by atoms with E-state index in [1.165, 1.54) is 12.1 Å². The minimum absolute atomic E-state index is 0.181. The zero-order valence-corrected chi connectivity index (χ0v) is 13.3. The van der Waals surface area contributed by atoms with Crippen LogP contribution in [-0.4, -0.2) is 53.7 Å². The first-order chi connectivity index (χ1) is 10.7. The van der Waals surface area contributed by atoms with Crippen molar-refractivity contribution < 1.29 is 9.50 Å². The Labute approximate surface area is 133 Å². The summed E-state index contributed by atoms with van der Waals surface area (Å²) in [5.41, 5.74) is 1.15. The highest BCUT2D eigenvalue weighted by Crippen LogP contribution is 2.11. The Hall–Kier alpha value is -1.23. The van der Waals surface area contributed by atoms with Crippen LogP contribution >= 0.6 is 0 Å². The van der Waals surface area contributed by atoms with Gasteiger partial charge in [-0.1, -0.05) is 18.2 Å². The Balaban J connectivity index is 1.77. The Morgan fingerprint density at radius 2 is 1.82 bits per heavy atom. The fourth-order valence-corrected chi connectivity index (χ4v) is 2.91. The van der Waals surface area contributed by atoms with Gasteiger partial charge in [0.2, 0.25) is 0 Å². The monoisotopic (exact) mass is 306 g/mol.